The summed E-state index contributed by atoms with van der Waals surface area (Å²) in [7, 11) is 1.49. The molecule has 11 heteroatoms. The van der Waals surface area contributed by atoms with Gasteiger partial charge >= 0.3 is 0 Å². The number of aromatic nitrogens is 6. The van der Waals surface area contributed by atoms with E-state index < -0.39 is 12.0 Å². The summed E-state index contributed by atoms with van der Waals surface area (Å²) in [6.45, 7) is 2.37. The molecule has 1 fully saturated rings. The van der Waals surface area contributed by atoms with E-state index in [0.717, 1.165) is 11.1 Å². The zero-order chi connectivity index (χ0) is 20.9. The third kappa shape index (κ3) is 3.02. The number of fused-ring (bicyclic) bond motifs is 2. The van der Waals surface area contributed by atoms with Gasteiger partial charge < -0.3 is 10.1 Å². The van der Waals surface area contributed by atoms with Crippen LogP contribution in [0.25, 0.3) is 22.4 Å². The SMILES string of the molecule is CCN1C[C@@H](Nc2nc(OC)c3c(-c4cnc5nccn5c4)ccn3n2)C(F)(F)C1. The van der Waals surface area contributed by atoms with Crippen LogP contribution in [0, 0.1) is 0 Å². The molecule has 5 rings (SSSR count). The normalized spacial score (nSPS) is 19.0. The van der Waals surface area contributed by atoms with Gasteiger partial charge in [-0.15, -0.1) is 5.10 Å². The molecule has 0 amide bonds. The van der Waals surface area contributed by atoms with Crippen molar-refractivity contribution in [3.05, 3.63) is 37.1 Å². The van der Waals surface area contributed by atoms with Gasteiger partial charge in [0.15, 0.2) is 0 Å². The average molecular weight is 414 g/mol. The predicted octanol–water partition coefficient (Wildman–Crippen LogP) is 2.20. The number of nitrogens with one attached hydrogen (secondary N) is 1. The number of likely N-dealkylation sites (N-methyl/N-ethyl adjacent to an activating group) is 1. The topological polar surface area (TPSA) is 84.9 Å². The average Bonchev–Trinajstić information content (AvgIpc) is 3.44. The number of methoxy groups -OCH3 is 1. The first-order chi connectivity index (χ1) is 14.5. The van der Waals surface area contributed by atoms with Crippen LogP contribution < -0.4 is 10.1 Å². The summed E-state index contributed by atoms with van der Waals surface area (Å²) in [6, 6.07) is 0.793. The summed E-state index contributed by atoms with van der Waals surface area (Å²) in [5.41, 5.74) is 2.26. The van der Waals surface area contributed by atoms with Gasteiger partial charge in [0.2, 0.25) is 17.6 Å². The molecule has 1 aliphatic rings. The summed E-state index contributed by atoms with van der Waals surface area (Å²) >= 11 is 0. The Kier molecular flexibility index (Phi) is 4.28. The second-order valence-corrected chi connectivity index (χ2v) is 7.23. The molecule has 1 aliphatic heterocycles. The van der Waals surface area contributed by atoms with E-state index in [-0.39, 0.29) is 24.9 Å². The second kappa shape index (κ2) is 6.87. The van der Waals surface area contributed by atoms with Gasteiger partial charge in [0.25, 0.3) is 5.92 Å². The Morgan fingerprint density at radius 1 is 1.30 bits per heavy atom. The van der Waals surface area contributed by atoms with Gasteiger partial charge in [-0.1, -0.05) is 6.92 Å². The lowest BCUT2D eigenvalue weighted by Gasteiger charge is -2.19. The van der Waals surface area contributed by atoms with Crippen molar-refractivity contribution in [3.63, 3.8) is 0 Å². The first-order valence-electron chi connectivity index (χ1n) is 9.57. The Balaban J connectivity index is 1.53. The fraction of sp³-hybridized carbons (Fsp3) is 0.368. The lowest BCUT2D eigenvalue weighted by molar-refractivity contribution is 0.00427. The van der Waals surface area contributed by atoms with Crippen molar-refractivity contribution in [2.45, 2.75) is 18.9 Å². The number of nitrogens with zero attached hydrogens (tertiary/aromatic N) is 7. The van der Waals surface area contributed by atoms with E-state index >= 15 is 0 Å². The van der Waals surface area contributed by atoms with Crippen LogP contribution in [0.15, 0.2) is 37.1 Å². The van der Waals surface area contributed by atoms with Crippen LogP contribution in [0.3, 0.4) is 0 Å². The Hall–Kier alpha value is -3.34. The number of anilines is 1. The molecule has 0 bridgehead atoms. The van der Waals surface area contributed by atoms with Gasteiger partial charge in [0.05, 0.1) is 13.7 Å². The maximum Gasteiger partial charge on any atom is 0.281 e. The second-order valence-electron chi connectivity index (χ2n) is 7.23. The Bertz CT molecular complexity index is 1220. The van der Waals surface area contributed by atoms with E-state index in [0.29, 0.717) is 17.8 Å². The molecule has 0 aliphatic carbocycles. The highest BCUT2D eigenvalue weighted by molar-refractivity contribution is 5.84. The van der Waals surface area contributed by atoms with Gasteiger partial charge in [-0.2, -0.15) is 4.98 Å². The smallest absolute Gasteiger partial charge is 0.281 e. The summed E-state index contributed by atoms with van der Waals surface area (Å²) in [6.07, 6.45) is 8.82. The standard InChI is InChI=1S/C19H20F2N8O/c1-3-27-10-14(19(20,21)11-27)24-17-25-16(30-2)15-13(4-6-29(15)26-17)12-8-23-18-22-5-7-28(18)9-12/h4-9,14H,3,10-11H2,1-2H3,(H,24,26)/t14-/m1/s1. The van der Waals surface area contributed by atoms with Crippen LogP contribution in [-0.2, 0) is 0 Å². The molecular weight excluding hydrogens is 394 g/mol. The van der Waals surface area contributed by atoms with Crippen molar-refractivity contribution in [2.75, 3.05) is 32.1 Å². The lowest BCUT2D eigenvalue weighted by atomic mass is 10.1. The molecule has 0 unspecified atom stereocenters. The first-order valence-corrected chi connectivity index (χ1v) is 9.57. The Morgan fingerprint density at radius 3 is 2.93 bits per heavy atom. The Labute approximate surface area is 170 Å². The number of hydrogen-bond donors (Lipinski definition) is 1. The maximum atomic E-state index is 14.3. The molecule has 0 aromatic carbocycles. The van der Waals surface area contributed by atoms with Crippen LogP contribution in [0.4, 0.5) is 14.7 Å². The van der Waals surface area contributed by atoms with E-state index in [1.165, 1.54) is 7.11 Å². The minimum absolute atomic E-state index is 0.0901. The molecule has 4 aromatic rings. The molecule has 30 heavy (non-hydrogen) atoms. The highest BCUT2D eigenvalue weighted by Gasteiger charge is 2.48. The van der Waals surface area contributed by atoms with Crippen LogP contribution in [0.5, 0.6) is 5.88 Å². The van der Waals surface area contributed by atoms with Gasteiger partial charge in [-0.25, -0.2) is 23.3 Å². The molecule has 156 valence electrons. The van der Waals surface area contributed by atoms with Crippen molar-refractivity contribution in [1.29, 1.82) is 0 Å². The van der Waals surface area contributed by atoms with Crippen molar-refractivity contribution < 1.29 is 13.5 Å². The van der Waals surface area contributed by atoms with Crippen molar-refractivity contribution >= 4 is 17.2 Å². The van der Waals surface area contributed by atoms with Crippen LogP contribution >= 0.6 is 0 Å². The minimum Gasteiger partial charge on any atom is -0.479 e. The van der Waals surface area contributed by atoms with Gasteiger partial charge in [-0.3, -0.25) is 9.30 Å². The van der Waals surface area contributed by atoms with Gasteiger partial charge in [0.1, 0.15) is 11.6 Å². The van der Waals surface area contributed by atoms with Crippen molar-refractivity contribution in [3.8, 4) is 17.0 Å². The molecule has 1 saturated heterocycles. The van der Waals surface area contributed by atoms with Crippen LogP contribution in [0.2, 0.25) is 0 Å². The zero-order valence-electron chi connectivity index (χ0n) is 16.5. The quantitative estimate of drug-likeness (QED) is 0.536. The third-order valence-electron chi connectivity index (χ3n) is 5.36. The number of hydrogen-bond acceptors (Lipinski definition) is 7. The number of likely N-dealkylation sites (tertiary alicyclic amines) is 1. The van der Waals surface area contributed by atoms with Gasteiger partial charge in [0, 0.05) is 48.7 Å². The summed E-state index contributed by atoms with van der Waals surface area (Å²) in [5.74, 6) is -1.90. The molecule has 1 atom stereocenters. The minimum atomic E-state index is -2.87. The third-order valence-corrected chi connectivity index (χ3v) is 5.36. The van der Waals surface area contributed by atoms with E-state index in [1.807, 2.05) is 23.6 Å². The molecule has 5 heterocycles. The monoisotopic (exact) mass is 414 g/mol. The highest BCUT2D eigenvalue weighted by atomic mass is 19.3. The van der Waals surface area contributed by atoms with E-state index in [4.69, 9.17) is 4.74 Å². The number of rotatable bonds is 5. The molecule has 0 radical (unpaired) electrons. The summed E-state index contributed by atoms with van der Waals surface area (Å²) in [4.78, 5) is 14.5. The van der Waals surface area contributed by atoms with Crippen molar-refractivity contribution in [1.82, 2.24) is 33.9 Å². The van der Waals surface area contributed by atoms with Gasteiger partial charge in [-0.05, 0) is 12.6 Å². The predicted molar refractivity (Wildman–Crippen MR) is 106 cm³/mol. The number of ether oxygens (including phenoxy) is 1. The zero-order valence-corrected chi connectivity index (χ0v) is 16.5. The summed E-state index contributed by atoms with van der Waals surface area (Å²) in [5, 5.41) is 7.18. The van der Waals surface area contributed by atoms with Crippen LogP contribution in [0.1, 0.15) is 6.92 Å². The lowest BCUT2D eigenvalue weighted by Crippen LogP contribution is -2.38. The number of halogens is 2. The van der Waals surface area contributed by atoms with E-state index in [2.05, 4.69) is 25.4 Å². The van der Waals surface area contributed by atoms with E-state index in [1.54, 1.807) is 34.2 Å². The Morgan fingerprint density at radius 2 is 2.17 bits per heavy atom. The largest absolute Gasteiger partial charge is 0.479 e. The molecule has 0 spiro atoms. The highest BCUT2D eigenvalue weighted by Crippen LogP contribution is 2.33. The van der Waals surface area contributed by atoms with Crippen molar-refractivity contribution in [2.24, 2.45) is 0 Å². The molecule has 9 nitrogen and oxygen atoms in total. The number of alkyl halides is 2. The maximum absolute atomic E-state index is 14.3. The number of imidazole rings is 1. The van der Waals surface area contributed by atoms with Crippen LogP contribution in [-0.4, -0.2) is 72.6 Å². The molecule has 1 N–H and O–H groups in total. The fourth-order valence-corrected chi connectivity index (χ4v) is 3.80. The molecule has 4 aromatic heterocycles. The molecular formula is C19H20F2N8O. The molecule has 0 saturated carbocycles. The van der Waals surface area contributed by atoms with E-state index in [9.17, 15) is 8.78 Å². The summed E-state index contributed by atoms with van der Waals surface area (Å²) < 4.78 is 37.5. The fourth-order valence-electron chi connectivity index (χ4n) is 3.80. The first kappa shape index (κ1) is 18.7.